The standard InChI is InChI=1S/C30H34FN3O4S/c1-37-25-6-4-5-22(19-25)30(36)33(17-16-32-13-2-3-14-32)20-29(35)34-15-11-28-26(12-18-39-28)27(34)21-38-24-9-7-23(31)8-10-24/h4-10,12,18-19,27H,2-3,11,13-17,20-21H2,1H3/t27-/m0/s1. The van der Waals surface area contributed by atoms with Crippen LogP contribution in [0.15, 0.2) is 60.0 Å². The van der Waals surface area contributed by atoms with E-state index in [9.17, 15) is 14.0 Å². The van der Waals surface area contributed by atoms with Gasteiger partial charge in [0.1, 0.15) is 30.5 Å². The molecule has 7 nitrogen and oxygen atoms in total. The summed E-state index contributed by atoms with van der Waals surface area (Å²) in [5, 5.41) is 2.04. The third kappa shape index (κ3) is 6.59. The maximum absolute atomic E-state index is 13.9. The molecule has 0 aliphatic carbocycles. The number of nitrogens with zero attached hydrogens (tertiary/aromatic N) is 3. The van der Waals surface area contributed by atoms with Crippen molar-refractivity contribution >= 4 is 23.2 Å². The predicted molar refractivity (Wildman–Crippen MR) is 149 cm³/mol. The largest absolute Gasteiger partial charge is 0.497 e. The molecule has 3 heterocycles. The van der Waals surface area contributed by atoms with Crippen LogP contribution in [0.4, 0.5) is 4.39 Å². The third-order valence-electron chi connectivity index (χ3n) is 7.45. The van der Waals surface area contributed by atoms with Crippen molar-refractivity contribution in [3.8, 4) is 11.5 Å². The molecule has 0 saturated carbocycles. The SMILES string of the molecule is COc1cccc(C(=O)N(CCN2CCCC2)CC(=O)N2CCc3sccc3[C@@H]2COc2ccc(F)cc2)c1. The first-order chi connectivity index (χ1) is 19.0. The Labute approximate surface area is 232 Å². The summed E-state index contributed by atoms with van der Waals surface area (Å²) in [6.07, 6.45) is 3.09. The van der Waals surface area contributed by atoms with Crippen molar-refractivity contribution in [3.05, 3.63) is 81.8 Å². The Hall–Kier alpha value is -3.43. The summed E-state index contributed by atoms with van der Waals surface area (Å²) in [6.45, 7) is 4.02. The highest BCUT2D eigenvalue weighted by molar-refractivity contribution is 7.10. The maximum atomic E-state index is 13.9. The third-order valence-corrected chi connectivity index (χ3v) is 8.45. The molecule has 206 valence electrons. The Morgan fingerprint density at radius 1 is 1.05 bits per heavy atom. The zero-order chi connectivity index (χ0) is 27.2. The lowest BCUT2D eigenvalue weighted by molar-refractivity contribution is -0.135. The topological polar surface area (TPSA) is 62.3 Å². The van der Waals surface area contributed by atoms with Crippen molar-refractivity contribution in [1.29, 1.82) is 0 Å². The van der Waals surface area contributed by atoms with E-state index in [-0.39, 0.29) is 36.8 Å². The van der Waals surface area contributed by atoms with Gasteiger partial charge in [0.25, 0.3) is 5.91 Å². The van der Waals surface area contributed by atoms with E-state index in [0.29, 0.717) is 30.2 Å². The number of methoxy groups -OCH3 is 1. The number of amides is 2. The number of carbonyl (C=O) groups is 2. The van der Waals surface area contributed by atoms with E-state index in [1.54, 1.807) is 59.7 Å². The summed E-state index contributed by atoms with van der Waals surface area (Å²) in [4.78, 5) is 34.6. The number of fused-ring (bicyclic) bond motifs is 1. The van der Waals surface area contributed by atoms with Crippen molar-refractivity contribution in [3.63, 3.8) is 0 Å². The van der Waals surface area contributed by atoms with Gasteiger partial charge in [-0.2, -0.15) is 0 Å². The van der Waals surface area contributed by atoms with Gasteiger partial charge in [0, 0.05) is 30.1 Å². The molecule has 1 fully saturated rings. The average molecular weight is 552 g/mol. The number of hydrogen-bond acceptors (Lipinski definition) is 6. The molecule has 2 aromatic carbocycles. The van der Waals surface area contributed by atoms with E-state index in [1.807, 2.05) is 16.3 Å². The lowest BCUT2D eigenvalue weighted by Crippen LogP contribution is -2.49. The van der Waals surface area contributed by atoms with E-state index in [2.05, 4.69) is 4.90 Å². The molecule has 2 aliphatic rings. The number of carbonyl (C=O) groups excluding carboxylic acids is 2. The van der Waals surface area contributed by atoms with Crippen LogP contribution in [-0.2, 0) is 11.2 Å². The molecule has 0 bridgehead atoms. The van der Waals surface area contributed by atoms with Crippen LogP contribution >= 0.6 is 11.3 Å². The molecule has 1 saturated heterocycles. The summed E-state index contributed by atoms with van der Waals surface area (Å²) in [6, 6.07) is 14.7. The fourth-order valence-corrected chi connectivity index (χ4v) is 6.22. The smallest absolute Gasteiger partial charge is 0.254 e. The molecule has 1 atom stereocenters. The Kier molecular flexibility index (Phi) is 8.78. The number of halogens is 1. The molecule has 0 N–H and O–H groups in total. The van der Waals surface area contributed by atoms with Gasteiger partial charge in [-0.25, -0.2) is 4.39 Å². The van der Waals surface area contributed by atoms with E-state index in [1.165, 1.54) is 17.0 Å². The van der Waals surface area contributed by atoms with Crippen LogP contribution in [0.2, 0.25) is 0 Å². The van der Waals surface area contributed by atoms with Crippen molar-refractivity contribution in [2.24, 2.45) is 0 Å². The zero-order valence-electron chi connectivity index (χ0n) is 22.2. The van der Waals surface area contributed by atoms with Crippen LogP contribution in [0.25, 0.3) is 0 Å². The molecule has 3 aromatic rings. The minimum Gasteiger partial charge on any atom is -0.497 e. The fraction of sp³-hybridized carbons (Fsp3) is 0.400. The monoisotopic (exact) mass is 551 g/mol. The Morgan fingerprint density at radius 3 is 2.62 bits per heavy atom. The van der Waals surface area contributed by atoms with Gasteiger partial charge in [-0.15, -0.1) is 11.3 Å². The molecule has 5 rings (SSSR count). The van der Waals surface area contributed by atoms with Gasteiger partial charge in [0.15, 0.2) is 0 Å². The van der Waals surface area contributed by atoms with Crippen molar-refractivity contribution in [2.75, 3.05) is 53.0 Å². The molecule has 1 aromatic heterocycles. The molecular formula is C30H34FN3O4S. The van der Waals surface area contributed by atoms with Gasteiger partial charge in [-0.1, -0.05) is 6.07 Å². The van der Waals surface area contributed by atoms with Gasteiger partial charge in [-0.05, 0) is 91.8 Å². The molecule has 2 aliphatic heterocycles. The first-order valence-corrected chi connectivity index (χ1v) is 14.3. The minimum absolute atomic E-state index is 0.0175. The number of hydrogen-bond donors (Lipinski definition) is 0. The second-order valence-corrected chi connectivity index (χ2v) is 10.9. The van der Waals surface area contributed by atoms with E-state index in [0.717, 1.165) is 44.5 Å². The molecule has 0 unspecified atom stereocenters. The highest BCUT2D eigenvalue weighted by atomic mass is 32.1. The Balaban J connectivity index is 1.34. The highest BCUT2D eigenvalue weighted by Gasteiger charge is 2.34. The van der Waals surface area contributed by atoms with Gasteiger partial charge < -0.3 is 24.2 Å². The highest BCUT2D eigenvalue weighted by Crippen LogP contribution is 2.34. The first-order valence-electron chi connectivity index (χ1n) is 13.4. The van der Waals surface area contributed by atoms with Crippen LogP contribution < -0.4 is 9.47 Å². The summed E-state index contributed by atoms with van der Waals surface area (Å²) >= 11 is 1.68. The number of benzene rings is 2. The fourth-order valence-electron chi connectivity index (χ4n) is 5.29. The number of rotatable bonds is 10. The summed E-state index contributed by atoms with van der Waals surface area (Å²) in [5.41, 5.74) is 1.57. The van der Waals surface area contributed by atoms with E-state index >= 15 is 0 Å². The zero-order valence-corrected chi connectivity index (χ0v) is 23.0. The number of ether oxygens (including phenoxy) is 2. The van der Waals surface area contributed by atoms with Gasteiger partial charge >= 0.3 is 0 Å². The minimum atomic E-state index is -0.327. The van der Waals surface area contributed by atoms with Gasteiger partial charge in [0.05, 0.1) is 13.2 Å². The van der Waals surface area contributed by atoms with Crippen molar-refractivity contribution in [1.82, 2.24) is 14.7 Å². The van der Waals surface area contributed by atoms with Gasteiger partial charge in [0.2, 0.25) is 5.91 Å². The Morgan fingerprint density at radius 2 is 1.85 bits per heavy atom. The van der Waals surface area contributed by atoms with Crippen LogP contribution in [0.3, 0.4) is 0 Å². The van der Waals surface area contributed by atoms with Crippen molar-refractivity contribution < 1.29 is 23.5 Å². The van der Waals surface area contributed by atoms with Crippen molar-refractivity contribution in [2.45, 2.75) is 25.3 Å². The van der Waals surface area contributed by atoms with E-state index in [4.69, 9.17) is 9.47 Å². The quantitative estimate of drug-likeness (QED) is 0.368. The lowest BCUT2D eigenvalue weighted by Gasteiger charge is -2.37. The Bertz CT molecular complexity index is 1280. The molecule has 39 heavy (non-hydrogen) atoms. The second kappa shape index (κ2) is 12.6. The average Bonchev–Trinajstić information content (AvgIpc) is 3.67. The van der Waals surface area contributed by atoms with E-state index < -0.39 is 0 Å². The predicted octanol–water partition coefficient (Wildman–Crippen LogP) is 4.64. The van der Waals surface area contributed by atoms with Crippen LogP contribution in [-0.4, -0.2) is 79.5 Å². The molecule has 0 spiro atoms. The first kappa shape index (κ1) is 27.1. The molecule has 2 amide bonds. The summed E-state index contributed by atoms with van der Waals surface area (Å²) in [5.74, 6) is 0.523. The van der Waals surface area contributed by atoms with Crippen LogP contribution in [0, 0.1) is 5.82 Å². The molecule has 9 heteroatoms. The van der Waals surface area contributed by atoms with Crippen LogP contribution in [0.5, 0.6) is 11.5 Å². The number of thiophene rings is 1. The summed E-state index contributed by atoms with van der Waals surface area (Å²) in [7, 11) is 1.57. The summed E-state index contributed by atoms with van der Waals surface area (Å²) < 4.78 is 24.7. The maximum Gasteiger partial charge on any atom is 0.254 e. The second-order valence-electron chi connectivity index (χ2n) is 9.92. The molecule has 0 radical (unpaired) electrons. The normalized spacial score (nSPS) is 17.1. The lowest BCUT2D eigenvalue weighted by atomic mass is 10.0. The van der Waals surface area contributed by atoms with Gasteiger partial charge in [-0.3, -0.25) is 9.59 Å². The number of likely N-dealkylation sites (tertiary alicyclic amines) is 1. The van der Waals surface area contributed by atoms with Crippen LogP contribution in [0.1, 0.15) is 39.7 Å². The molecular weight excluding hydrogens is 517 g/mol.